The van der Waals surface area contributed by atoms with Crippen molar-refractivity contribution in [2.24, 2.45) is 17.3 Å². The fourth-order valence-electron chi connectivity index (χ4n) is 7.05. The Morgan fingerprint density at radius 2 is 1.71 bits per heavy atom. The fourth-order valence-corrected chi connectivity index (χ4v) is 7.05. The van der Waals surface area contributed by atoms with Gasteiger partial charge in [-0.3, -0.25) is 4.79 Å². The van der Waals surface area contributed by atoms with Crippen molar-refractivity contribution in [3.63, 3.8) is 0 Å². The number of ether oxygens (including phenoxy) is 1. The van der Waals surface area contributed by atoms with Gasteiger partial charge >= 0.3 is 0 Å². The monoisotopic (exact) mass is 384 g/mol. The number of carbonyl (C=O) groups excluding carboxylic acids is 1. The van der Waals surface area contributed by atoms with E-state index in [0.29, 0.717) is 24.2 Å². The summed E-state index contributed by atoms with van der Waals surface area (Å²) in [4.78, 5) is 17.5. The Balaban J connectivity index is 1.19. The van der Waals surface area contributed by atoms with Crippen LogP contribution in [0.2, 0.25) is 0 Å². The molecular formula is C23H32N2O3. The zero-order valence-electron chi connectivity index (χ0n) is 16.9. The number of anilines is 1. The summed E-state index contributed by atoms with van der Waals surface area (Å²) < 4.78 is 5.24. The van der Waals surface area contributed by atoms with Crippen LogP contribution < -0.4 is 9.64 Å². The van der Waals surface area contributed by atoms with Gasteiger partial charge in [0.25, 0.3) is 0 Å². The first-order chi connectivity index (χ1) is 13.5. The number of piperazine rings is 1. The quantitative estimate of drug-likeness (QED) is 0.867. The number of hydrogen-bond donors (Lipinski definition) is 1. The Hall–Kier alpha value is -1.75. The van der Waals surface area contributed by atoms with Gasteiger partial charge in [-0.15, -0.1) is 0 Å². The Kier molecular flexibility index (Phi) is 4.34. The fraction of sp³-hybridized carbons (Fsp3) is 0.696. The maximum atomic E-state index is 13.1. The van der Waals surface area contributed by atoms with E-state index in [1.165, 1.54) is 12.1 Å². The molecule has 1 amide bonds. The van der Waals surface area contributed by atoms with Crippen LogP contribution in [0, 0.1) is 17.3 Å². The first kappa shape index (κ1) is 18.3. The lowest BCUT2D eigenvalue weighted by Crippen LogP contribution is -2.57. The van der Waals surface area contributed by atoms with Gasteiger partial charge in [0.05, 0.1) is 12.7 Å². The van der Waals surface area contributed by atoms with Crippen molar-refractivity contribution >= 4 is 11.6 Å². The molecule has 4 saturated carbocycles. The number of amides is 1. The highest BCUT2D eigenvalue weighted by molar-refractivity contribution is 5.77. The molecule has 0 aromatic heterocycles. The molecule has 4 aliphatic carbocycles. The predicted octanol–water partition coefficient (Wildman–Crippen LogP) is 3.07. The maximum absolute atomic E-state index is 13.1. The number of benzene rings is 1. The molecule has 5 nitrogen and oxygen atoms in total. The van der Waals surface area contributed by atoms with Crippen molar-refractivity contribution in [2.75, 3.05) is 38.2 Å². The number of rotatable bonds is 4. The van der Waals surface area contributed by atoms with Crippen molar-refractivity contribution in [1.82, 2.24) is 4.90 Å². The Bertz CT molecular complexity index is 725. The highest BCUT2D eigenvalue weighted by Gasteiger charge is 2.57. The van der Waals surface area contributed by atoms with Crippen LogP contribution in [-0.2, 0) is 4.79 Å². The summed E-state index contributed by atoms with van der Waals surface area (Å²) >= 11 is 0. The molecule has 0 spiro atoms. The minimum absolute atomic E-state index is 0.0725. The van der Waals surface area contributed by atoms with E-state index in [1.54, 1.807) is 7.11 Å². The first-order valence-electron chi connectivity index (χ1n) is 10.9. The zero-order valence-corrected chi connectivity index (χ0v) is 16.9. The third-order valence-electron chi connectivity index (χ3n) is 7.75. The Morgan fingerprint density at radius 3 is 2.29 bits per heavy atom. The van der Waals surface area contributed by atoms with Gasteiger partial charge in [0, 0.05) is 38.3 Å². The van der Waals surface area contributed by atoms with Crippen molar-refractivity contribution in [2.45, 2.75) is 50.5 Å². The van der Waals surface area contributed by atoms with E-state index in [9.17, 15) is 9.90 Å². The van der Waals surface area contributed by atoms with E-state index >= 15 is 0 Å². The van der Waals surface area contributed by atoms with E-state index in [-0.39, 0.29) is 5.41 Å². The molecular weight excluding hydrogens is 352 g/mol. The van der Waals surface area contributed by atoms with E-state index in [0.717, 1.165) is 64.0 Å². The number of carbonyl (C=O) groups is 1. The van der Waals surface area contributed by atoms with Gasteiger partial charge in [0.1, 0.15) is 5.75 Å². The van der Waals surface area contributed by atoms with Crippen LogP contribution in [0.1, 0.15) is 44.9 Å². The second kappa shape index (κ2) is 6.65. The van der Waals surface area contributed by atoms with Gasteiger partial charge in [-0.1, -0.05) is 0 Å². The summed E-state index contributed by atoms with van der Waals surface area (Å²) in [6.07, 6.45) is 7.03. The third kappa shape index (κ3) is 3.28. The Labute approximate surface area is 167 Å². The van der Waals surface area contributed by atoms with Crippen molar-refractivity contribution in [3.05, 3.63) is 24.3 Å². The number of nitrogens with zero attached hydrogens (tertiary/aromatic N) is 2. The normalized spacial score (nSPS) is 36.6. The molecule has 5 aliphatic rings. The van der Waals surface area contributed by atoms with Crippen LogP contribution in [0.15, 0.2) is 24.3 Å². The van der Waals surface area contributed by atoms with Crippen LogP contribution >= 0.6 is 0 Å². The molecule has 1 aliphatic heterocycles. The van der Waals surface area contributed by atoms with Crippen LogP contribution in [0.25, 0.3) is 0 Å². The summed E-state index contributed by atoms with van der Waals surface area (Å²) in [6, 6.07) is 8.16. The molecule has 152 valence electrons. The van der Waals surface area contributed by atoms with Crippen LogP contribution in [0.5, 0.6) is 5.75 Å². The average Bonchev–Trinajstić information content (AvgIpc) is 2.66. The highest BCUT2D eigenvalue weighted by atomic mass is 16.5. The van der Waals surface area contributed by atoms with Crippen molar-refractivity contribution < 1.29 is 14.6 Å². The molecule has 0 radical (unpaired) electrons. The van der Waals surface area contributed by atoms with Gasteiger partial charge in [0.15, 0.2) is 0 Å². The molecule has 1 heterocycles. The predicted molar refractivity (Wildman–Crippen MR) is 108 cm³/mol. The molecule has 1 aromatic rings. The number of hydrogen-bond acceptors (Lipinski definition) is 4. The van der Waals surface area contributed by atoms with E-state index in [1.807, 2.05) is 12.1 Å². The van der Waals surface area contributed by atoms with Crippen molar-refractivity contribution in [1.29, 1.82) is 0 Å². The van der Waals surface area contributed by atoms with Gasteiger partial charge in [-0.2, -0.15) is 0 Å². The van der Waals surface area contributed by atoms with E-state index in [4.69, 9.17) is 4.74 Å². The molecule has 1 N–H and O–H groups in total. The van der Waals surface area contributed by atoms with Crippen molar-refractivity contribution in [3.8, 4) is 5.75 Å². The second-order valence-electron chi connectivity index (χ2n) is 9.93. The molecule has 1 aromatic carbocycles. The minimum atomic E-state index is -0.475. The topological polar surface area (TPSA) is 53.0 Å². The summed E-state index contributed by atoms with van der Waals surface area (Å²) in [5.74, 6) is 2.46. The SMILES string of the molecule is COc1ccc(N2CCN(C(=O)CC34C[C@@H]5C[C@@H](CC(O)(C5)C3)C4)CC2)cc1. The van der Waals surface area contributed by atoms with E-state index in [2.05, 4.69) is 21.9 Å². The van der Waals surface area contributed by atoms with Gasteiger partial charge in [-0.25, -0.2) is 0 Å². The molecule has 5 heteroatoms. The van der Waals surface area contributed by atoms with Gasteiger partial charge in [0.2, 0.25) is 5.91 Å². The van der Waals surface area contributed by atoms with Crippen LogP contribution in [0.4, 0.5) is 5.69 Å². The van der Waals surface area contributed by atoms with Gasteiger partial charge < -0.3 is 19.6 Å². The molecule has 5 fully saturated rings. The molecule has 4 bridgehead atoms. The molecule has 1 saturated heterocycles. The summed E-state index contributed by atoms with van der Waals surface area (Å²) in [6.45, 7) is 3.33. The lowest BCUT2D eigenvalue weighted by molar-refractivity contribution is -0.172. The van der Waals surface area contributed by atoms with Crippen LogP contribution in [0.3, 0.4) is 0 Å². The second-order valence-corrected chi connectivity index (χ2v) is 9.93. The van der Waals surface area contributed by atoms with Crippen LogP contribution in [-0.4, -0.2) is 54.8 Å². The maximum Gasteiger partial charge on any atom is 0.223 e. The molecule has 6 rings (SSSR count). The van der Waals surface area contributed by atoms with Gasteiger partial charge in [-0.05, 0) is 80.0 Å². The standard InChI is InChI=1S/C23H32N2O3/c1-28-20-4-2-19(3-5-20)24-6-8-25(9-7-24)21(26)15-22-11-17-10-18(12-22)14-23(27,13-17)16-22/h2-5,17-18,27H,6-16H2,1H3/t17-,18+,22?,23?. The summed E-state index contributed by atoms with van der Waals surface area (Å²) in [5.41, 5.74) is 0.789. The lowest BCUT2D eigenvalue weighted by atomic mass is 9.47. The minimum Gasteiger partial charge on any atom is -0.497 e. The highest BCUT2D eigenvalue weighted by Crippen LogP contribution is 2.62. The number of methoxy groups -OCH3 is 1. The summed E-state index contributed by atoms with van der Waals surface area (Å²) in [5, 5.41) is 10.9. The summed E-state index contributed by atoms with van der Waals surface area (Å²) in [7, 11) is 1.68. The molecule has 4 atom stereocenters. The average molecular weight is 385 g/mol. The van der Waals surface area contributed by atoms with E-state index < -0.39 is 5.60 Å². The molecule has 2 unspecified atom stereocenters. The Morgan fingerprint density at radius 1 is 1.07 bits per heavy atom. The number of aliphatic hydroxyl groups is 1. The lowest BCUT2D eigenvalue weighted by Gasteiger charge is -2.60. The third-order valence-corrected chi connectivity index (χ3v) is 7.75. The molecule has 28 heavy (non-hydrogen) atoms. The largest absolute Gasteiger partial charge is 0.497 e. The zero-order chi connectivity index (χ0) is 19.4. The first-order valence-corrected chi connectivity index (χ1v) is 10.9. The smallest absolute Gasteiger partial charge is 0.223 e.